The van der Waals surface area contributed by atoms with Gasteiger partial charge in [-0.25, -0.2) is 4.79 Å². The zero-order valence-corrected chi connectivity index (χ0v) is 22.6. The monoisotopic (exact) mass is 539 g/mol. The summed E-state index contributed by atoms with van der Waals surface area (Å²) in [5.74, 6) is -0.770. The van der Waals surface area contributed by atoms with Gasteiger partial charge in [-0.1, -0.05) is 26.2 Å². The SMILES string of the molecule is CCCCCC(NC(=O)COCCOCCOCCN)C(=O)OC.NCCOCCOCCOCC=O. The summed E-state index contributed by atoms with van der Waals surface area (Å²) in [7, 11) is 1.31. The minimum atomic E-state index is -0.617. The molecule has 0 radical (unpaired) electrons. The number of carbonyl (C=O) groups is 3. The summed E-state index contributed by atoms with van der Waals surface area (Å²) in [6, 6.07) is -0.617. The summed E-state index contributed by atoms with van der Waals surface area (Å²) in [5, 5.41) is 2.64. The molecule has 0 aromatic heterocycles. The average molecular weight is 540 g/mol. The minimum Gasteiger partial charge on any atom is -0.467 e. The summed E-state index contributed by atoms with van der Waals surface area (Å²) in [4.78, 5) is 33.3. The van der Waals surface area contributed by atoms with Crippen molar-refractivity contribution in [3.8, 4) is 0 Å². The van der Waals surface area contributed by atoms with Crippen molar-refractivity contribution < 1.29 is 47.5 Å². The lowest BCUT2D eigenvalue weighted by atomic mass is 10.1. The van der Waals surface area contributed by atoms with Crippen LogP contribution in [-0.4, -0.2) is 124 Å². The molecule has 220 valence electrons. The van der Waals surface area contributed by atoms with E-state index in [0.29, 0.717) is 91.9 Å². The largest absolute Gasteiger partial charge is 0.467 e. The highest BCUT2D eigenvalue weighted by Crippen LogP contribution is 2.05. The van der Waals surface area contributed by atoms with Gasteiger partial charge in [-0.15, -0.1) is 0 Å². The Balaban J connectivity index is 0. The first-order valence-corrected chi connectivity index (χ1v) is 12.7. The first-order chi connectivity index (χ1) is 18.1. The Hall–Kier alpha value is -1.71. The molecule has 0 aromatic rings. The molecule has 13 nitrogen and oxygen atoms in total. The second-order valence-electron chi connectivity index (χ2n) is 7.46. The highest BCUT2D eigenvalue weighted by Gasteiger charge is 2.20. The molecule has 0 aliphatic rings. The van der Waals surface area contributed by atoms with E-state index < -0.39 is 12.0 Å². The van der Waals surface area contributed by atoms with Crippen molar-refractivity contribution in [1.82, 2.24) is 5.32 Å². The van der Waals surface area contributed by atoms with Crippen LogP contribution < -0.4 is 16.8 Å². The average Bonchev–Trinajstić information content (AvgIpc) is 2.90. The standard InChI is InChI=1S/C16H32N2O6.C8H17NO4/c1-3-4-5-6-14(16(20)21-2)18-15(19)13-24-12-11-23-10-9-22-8-7-17;9-1-3-11-5-7-13-8-6-12-4-2-10/h14H,3-13,17H2,1-2H3,(H,18,19);2H,1,3-9H2. The summed E-state index contributed by atoms with van der Waals surface area (Å²) in [5.41, 5.74) is 10.5. The van der Waals surface area contributed by atoms with E-state index in [1.807, 2.05) is 0 Å². The number of esters is 1. The van der Waals surface area contributed by atoms with Gasteiger partial charge in [0.1, 0.15) is 25.5 Å². The number of unbranched alkanes of at least 4 members (excludes halogenated alkanes) is 2. The van der Waals surface area contributed by atoms with Crippen molar-refractivity contribution in [3.63, 3.8) is 0 Å². The van der Waals surface area contributed by atoms with E-state index in [2.05, 4.69) is 12.2 Å². The Labute approximate surface area is 221 Å². The fraction of sp³-hybridized carbons (Fsp3) is 0.875. The first-order valence-electron chi connectivity index (χ1n) is 12.7. The molecule has 0 saturated heterocycles. The molecule has 0 saturated carbocycles. The third kappa shape index (κ3) is 30.4. The Morgan fingerprint density at radius 1 is 0.757 bits per heavy atom. The van der Waals surface area contributed by atoms with Crippen molar-refractivity contribution in [2.45, 2.75) is 38.6 Å². The maximum atomic E-state index is 11.8. The summed E-state index contributed by atoms with van der Waals surface area (Å²) in [6.07, 6.45) is 4.19. The molecule has 37 heavy (non-hydrogen) atoms. The number of methoxy groups -OCH3 is 1. The lowest BCUT2D eigenvalue weighted by Gasteiger charge is -2.16. The Bertz CT molecular complexity index is 515. The second-order valence-corrected chi connectivity index (χ2v) is 7.46. The van der Waals surface area contributed by atoms with E-state index in [4.69, 9.17) is 44.6 Å². The molecule has 0 fully saturated rings. The van der Waals surface area contributed by atoms with Gasteiger partial charge >= 0.3 is 5.97 Å². The van der Waals surface area contributed by atoms with Gasteiger partial charge in [-0.05, 0) is 6.42 Å². The fourth-order valence-corrected chi connectivity index (χ4v) is 2.57. The molecular formula is C24H49N3O10. The lowest BCUT2D eigenvalue weighted by Crippen LogP contribution is -2.43. The summed E-state index contributed by atoms with van der Waals surface area (Å²) >= 11 is 0. The molecule has 1 atom stereocenters. The van der Waals surface area contributed by atoms with E-state index in [1.165, 1.54) is 7.11 Å². The van der Waals surface area contributed by atoms with Crippen molar-refractivity contribution >= 4 is 18.2 Å². The Morgan fingerprint density at radius 3 is 1.70 bits per heavy atom. The predicted molar refractivity (Wildman–Crippen MR) is 137 cm³/mol. The van der Waals surface area contributed by atoms with Crippen LogP contribution >= 0.6 is 0 Å². The van der Waals surface area contributed by atoms with E-state index in [-0.39, 0.29) is 19.1 Å². The zero-order valence-electron chi connectivity index (χ0n) is 22.6. The highest BCUT2D eigenvalue weighted by molar-refractivity contribution is 5.84. The van der Waals surface area contributed by atoms with E-state index in [1.54, 1.807) is 0 Å². The number of nitrogens with two attached hydrogens (primary N) is 2. The highest BCUT2D eigenvalue weighted by atomic mass is 16.6. The van der Waals surface area contributed by atoms with Gasteiger partial charge in [0.05, 0.1) is 73.2 Å². The van der Waals surface area contributed by atoms with Gasteiger partial charge in [-0.2, -0.15) is 0 Å². The molecule has 13 heteroatoms. The van der Waals surface area contributed by atoms with Gasteiger partial charge in [0.15, 0.2) is 0 Å². The molecule has 0 aliphatic carbocycles. The van der Waals surface area contributed by atoms with Gasteiger partial charge < -0.3 is 54.7 Å². The summed E-state index contributed by atoms with van der Waals surface area (Å²) < 4.78 is 35.4. The Morgan fingerprint density at radius 2 is 1.24 bits per heavy atom. The number of hydrogen-bond donors (Lipinski definition) is 3. The van der Waals surface area contributed by atoms with Gasteiger partial charge in [-0.3, -0.25) is 4.79 Å². The van der Waals surface area contributed by atoms with Crippen LogP contribution in [0.5, 0.6) is 0 Å². The van der Waals surface area contributed by atoms with Crippen molar-refractivity contribution in [2.24, 2.45) is 11.5 Å². The molecule has 0 rings (SSSR count). The van der Waals surface area contributed by atoms with Gasteiger partial charge in [0, 0.05) is 13.1 Å². The van der Waals surface area contributed by atoms with Crippen LogP contribution in [0, 0.1) is 0 Å². The number of hydrogen-bond acceptors (Lipinski definition) is 12. The number of ether oxygens (including phenoxy) is 7. The van der Waals surface area contributed by atoms with Crippen LogP contribution in [0.25, 0.3) is 0 Å². The topological polar surface area (TPSA) is 180 Å². The lowest BCUT2D eigenvalue weighted by molar-refractivity contribution is -0.146. The molecular weight excluding hydrogens is 490 g/mol. The normalized spacial score (nSPS) is 11.4. The number of nitrogens with one attached hydrogen (secondary N) is 1. The minimum absolute atomic E-state index is 0.117. The third-order valence-electron chi connectivity index (χ3n) is 4.35. The predicted octanol–water partition coefficient (Wildman–Crippen LogP) is -0.573. The quantitative estimate of drug-likeness (QED) is 0.0724. The van der Waals surface area contributed by atoms with Crippen LogP contribution in [0.1, 0.15) is 32.6 Å². The maximum Gasteiger partial charge on any atom is 0.328 e. The molecule has 1 unspecified atom stereocenters. The number of rotatable bonds is 26. The second kappa shape index (κ2) is 32.3. The maximum absolute atomic E-state index is 11.8. The van der Waals surface area contributed by atoms with Crippen molar-refractivity contribution in [2.75, 3.05) is 99.5 Å². The zero-order chi connectivity index (χ0) is 27.8. The van der Waals surface area contributed by atoms with Crippen LogP contribution in [-0.2, 0) is 47.5 Å². The van der Waals surface area contributed by atoms with Crippen molar-refractivity contribution in [1.29, 1.82) is 0 Å². The van der Waals surface area contributed by atoms with Gasteiger partial charge in [0.25, 0.3) is 0 Å². The van der Waals surface area contributed by atoms with Crippen LogP contribution in [0.2, 0.25) is 0 Å². The summed E-state index contributed by atoms with van der Waals surface area (Å²) in [6.45, 7) is 7.79. The molecule has 0 bridgehead atoms. The molecule has 5 N–H and O–H groups in total. The van der Waals surface area contributed by atoms with Crippen LogP contribution in [0.4, 0.5) is 0 Å². The van der Waals surface area contributed by atoms with Crippen LogP contribution in [0.3, 0.4) is 0 Å². The van der Waals surface area contributed by atoms with E-state index >= 15 is 0 Å². The number of aldehydes is 1. The Kier molecular flexibility index (Phi) is 32.7. The van der Waals surface area contributed by atoms with Crippen molar-refractivity contribution in [3.05, 3.63) is 0 Å². The molecule has 0 aliphatic heterocycles. The third-order valence-corrected chi connectivity index (χ3v) is 4.35. The molecule has 0 aromatic carbocycles. The first kappa shape index (κ1) is 37.4. The van der Waals surface area contributed by atoms with Gasteiger partial charge in [0.2, 0.25) is 5.91 Å². The van der Waals surface area contributed by atoms with E-state index in [0.717, 1.165) is 19.3 Å². The molecule has 0 spiro atoms. The van der Waals surface area contributed by atoms with Crippen LogP contribution in [0.15, 0.2) is 0 Å². The van der Waals surface area contributed by atoms with E-state index in [9.17, 15) is 14.4 Å². The molecule has 1 amide bonds. The number of carbonyl (C=O) groups excluding carboxylic acids is 3. The molecule has 0 heterocycles. The smallest absolute Gasteiger partial charge is 0.328 e. The fourth-order valence-electron chi connectivity index (χ4n) is 2.57. The number of amides is 1.